The molecule has 1 saturated carbocycles. The van der Waals surface area contributed by atoms with E-state index in [0.29, 0.717) is 10.9 Å². The minimum absolute atomic E-state index is 0.213. The molecule has 2 atom stereocenters. The summed E-state index contributed by atoms with van der Waals surface area (Å²) in [6.07, 6.45) is 10.5. The van der Waals surface area contributed by atoms with Crippen molar-refractivity contribution in [1.82, 2.24) is 19.7 Å². The summed E-state index contributed by atoms with van der Waals surface area (Å²) in [4.78, 5) is 7.70. The monoisotopic (exact) mass is 541 g/mol. The van der Waals surface area contributed by atoms with Crippen LogP contribution in [-0.2, 0) is 29.7 Å². The summed E-state index contributed by atoms with van der Waals surface area (Å²) in [6, 6.07) is 16.8. The van der Waals surface area contributed by atoms with Crippen molar-refractivity contribution in [3.63, 3.8) is 0 Å². The topological polar surface area (TPSA) is 94.1 Å². The molecule has 8 heteroatoms. The van der Waals surface area contributed by atoms with Crippen LogP contribution in [0.4, 0.5) is 0 Å². The van der Waals surface area contributed by atoms with Crippen LogP contribution >= 0.6 is 0 Å². The lowest BCUT2D eigenvalue weighted by Crippen LogP contribution is -2.43. The van der Waals surface area contributed by atoms with Crippen molar-refractivity contribution < 1.29 is 8.42 Å². The fourth-order valence-electron chi connectivity index (χ4n) is 6.56. The highest BCUT2D eigenvalue weighted by Gasteiger charge is 2.36. The molecular weight excluding hydrogens is 506 g/mol. The first-order chi connectivity index (χ1) is 18.9. The number of benzene rings is 2. The maximum absolute atomic E-state index is 12.6. The second-order valence-electron chi connectivity index (χ2n) is 11.5. The molecule has 2 aromatic heterocycles. The molecule has 2 aromatic carbocycles. The largest absolute Gasteiger partial charge is 0.316 e. The van der Waals surface area contributed by atoms with Crippen molar-refractivity contribution in [3.05, 3.63) is 65.9 Å². The third-order valence-corrected chi connectivity index (χ3v) is 11.2. The molecule has 7 nitrogen and oxygen atoms in total. The number of hydrogen-bond donors (Lipinski definition) is 1. The van der Waals surface area contributed by atoms with Gasteiger partial charge in [0.2, 0.25) is 0 Å². The zero-order valence-corrected chi connectivity index (χ0v) is 23.2. The molecule has 0 amide bonds. The molecule has 0 radical (unpaired) electrons. The molecule has 39 heavy (non-hydrogen) atoms. The minimum Gasteiger partial charge on any atom is -0.316 e. The van der Waals surface area contributed by atoms with E-state index in [1.165, 1.54) is 29.5 Å². The Morgan fingerprint density at radius 2 is 1.62 bits per heavy atom. The molecule has 3 aliphatic rings. The van der Waals surface area contributed by atoms with Crippen LogP contribution in [0.1, 0.15) is 49.7 Å². The third kappa shape index (κ3) is 4.48. The molecule has 0 bridgehead atoms. The average Bonchev–Trinajstić information content (AvgIpc) is 3.70. The molecule has 0 spiro atoms. The van der Waals surface area contributed by atoms with Crippen LogP contribution in [0.3, 0.4) is 0 Å². The van der Waals surface area contributed by atoms with Gasteiger partial charge in [-0.05, 0) is 86.3 Å². The van der Waals surface area contributed by atoms with E-state index in [-0.39, 0.29) is 11.4 Å². The Morgan fingerprint density at radius 1 is 0.872 bits per heavy atom. The highest BCUT2D eigenvalue weighted by atomic mass is 32.2. The van der Waals surface area contributed by atoms with E-state index in [1.54, 1.807) is 16.8 Å². The van der Waals surface area contributed by atoms with E-state index in [0.717, 1.165) is 72.9 Å². The lowest BCUT2D eigenvalue weighted by atomic mass is 9.96. The van der Waals surface area contributed by atoms with Crippen LogP contribution in [0.2, 0.25) is 0 Å². The van der Waals surface area contributed by atoms with Gasteiger partial charge in [0, 0.05) is 42.3 Å². The van der Waals surface area contributed by atoms with Crippen molar-refractivity contribution in [2.24, 2.45) is 12.8 Å². The fourth-order valence-corrected chi connectivity index (χ4v) is 8.21. The van der Waals surface area contributed by atoms with Crippen LogP contribution < -0.4 is 5.73 Å². The Morgan fingerprint density at radius 3 is 2.33 bits per heavy atom. The van der Waals surface area contributed by atoms with Crippen LogP contribution in [0, 0.1) is 0 Å². The van der Waals surface area contributed by atoms with Crippen molar-refractivity contribution in [2.75, 3.05) is 6.54 Å². The van der Waals surface area contributed by atoms with Crippen molar-refractivity contribution in [2.45, 2.75) is 73.7 Å². The molecule has 2 aliphatic carbocycles. The SMILES string of the molecule is Cn1nc(-c2ccc(S(=O)(=O)C3CC3)cc2)c2cc(-c3ccc4c(c3)CCC(N3CCC[C@@H]3N)CC4)cnc21. The second kappa shape index (κ2) is 9.54. The van der Waals surface area contributed by atoms with Gasteiger partial charge in [0.1, 0.15) is 5.69 Å². The number of fused-ring (bicyclic) bond motifs is 2. The zero-order valence-electron chi connectivity index (χ0n) is 22.4. The van der Waals surface area contributed by atoms with Crippen molar-refractivity contribution in [3.8, 4) is 22.4 Å². The second-order valence-corrected chi connectivity index (χ2v) is 13.7. The van der Waals surface area contributed by atoms with E-state index in [2.05, 4.69) is 29.2 Å². The Balaban J connectivity index is 1.19. The van der Waals surface area contributed by atoms with Gasteiger partial charge in [-0.1, -0.05) is 30.3 Å². The number of hydrogen-bond acceptors (Lipinski definition) is 6. The van der Waals surface area contributed by atoms with E-state index >= 15 is 0 Å². The highest BCUT2D eigenvalue weighted by Crippen LogP contribution is 2.36. The van der Waals surface area contributed by atoms with Gasteiger partial charge < -0.3 is 5.73 Å². The molecule has 2 N–H and O–H groups in total. The first kappa shape index (κ1) is 24.9. The van der Waals surface area contributed by atoms with Gasteiger partial charge in [-0.15, -0.1) is 0 Å². The van der Waals surface area contributed by atoms with Gasteiger partial charge in [-0.3, -0.25) is 4.90 Å². The number of sulfone groups is 1. The maximum atomic E-state index is 12.6. The average molecular weight is 542 g/mol. The van der Waals surface area contributed by atoms with Gasteiger partial charge in [-0.2, -0.15) is 5.10 Å². The molecule has 2 fully saturated rings. The van der Waals surface area contributed by atoms with Crippen LogP contribution in [0.25, 0.3) is 33.4 Å². The predicted molar refractivity (Wildman–Crippen MR) is 154 cm³/mol. The number of aryl methyl sites for hydroxylation is 3. The summed E-state index contributed by atoms with van der Waals surface area (Å²) < 4.78 is 27.1. The van der Waals surface area contributed by atoms with Gasteiger partial charge in [0.05, 0.1) is 16.3 Å². The number of likely N-dealkylation sites (tertiary alicyclic amines) is 1. The summed E-state index contributed by atoms with van der Waals surface area (Å²) in [5.41, 5.74) is 14.0. The first-order valence-electron chi connectivity index (χ1n) is 14.2. The lowest BCUT2D eigenvalue weighted by Gasteiger charge is -2.30. The summed E-state index contributed by atoms with van der Waals surface area (Å²) in [5.74, 6) is 0. The first-order valence-corrected chi connectivity index (χ1v) is 15.7. The van der Waals surface area contributed by atoms with Crippen LogP contribution in [-0.4, -0.2) is 52.1 Å². The molecule has 1 saturated heterocycles. The van der Waals surface area contributed by atoms with E-state index in [4.69, 9.17) is 15.8 Å². The molecule has 1 unspecified atom stereocenters. The van der Waals surface area contributed by atoms with E-state index in [1.807, 2.05) is 25.4 Å². The number of rotatable bonds is 5. The molecule has 7 rings (SSSR count). The fraction of sp³-hybridized carbons (Fsp3) is 0.419. The van der Waals surface area contributed by atoms with Crippen molar-refractivity contribution in [1.29, 1.82) is 0 Å². The molecule has 4 aromatic rings. The maximum Gasteiger partial charge on any atom is 0.181 e. The van der Waals surface area contributed by atoms with Crippen LogP contribution in [0.15, 0.2) is 59.6 Å². The van der Waals surface area contributed by atoms with E-state index < -0.39 is 9.84 Å². The Labute approximate surface area is 230 Å². The zero-order chi connectivity index (χ0) is 26.7. The van der Waals surface area contributed by atoms with Crippen molar-refractivity contribution >= 4 is 20.9 Å². The van der Waals surface area contributed by atoms with Gasteiger partial charge in [0.25, 0.3) is 0 Å². The minimum atomic E-state index is -3.21. The molecular formula is C31H35N5O2S. The normalized spacial score (nSPS) is 22.2. The highest BCUT2D eigenvalue weighted by molar-refractivity contribution is 7.92. The Hall–Kier alpha value is -3.07. The number of nitrogens with zero attached hydrogens (tertiary/aromatic N) is 4. The third-order valence-electron chi connectivity index (χ3n) is 8.94. The predicted octanol–water partition coefficient (Wildman–Crippen LogP) is 4.87. The van der Waals surface area contributed by atoms with Crippen LogP contribution in [0.5, 0.6) is 0 Å². The summed E-state index contributed by atoms with van der Waals surface area (Å²) in [7, 11) is -1.31. The van der Waals surface area contributed by atoms with Gasteiger partial charge >= 0.3 is 0 Å². The Bertz CT molecular complexity index is 1660. The molecule has 1 aliphatic heterocycles. The van der Waals surface area contributed by atoms with E-state index in [9.17, 15) is 8.42 Å². The molecule has 3 heterocycles. The number of nitrogens with two attached hydrogens (primary N) is 1. The Kier molecular flexibility index (Phi) is 6.10. The number of aromatic nitrogens is 3. The smallest absolute Gasteiger partial charge is 0.181 e. The summed E-state index contributed by atoms with van der Waals surface area (Å²) in [5, 5.41) is 5.51. The van der Waals surface area contributed by atoms with Gasteiger partial charge in [-0.25, -0.2) is 18.1 Å². The number of pyridine rings is 1. The standard InChI is InChI=1S/C31H35N5O2S/c1-35-31-28(30(34-35)21-8-12-26(13-9-21)39(37,38)27-14-15-27)18-24(19-33-31)23-5-4-20-6-10-25(11-7-22(20)17-23)36-16-2-3-29(36)32/h4-5,8-9,12-13,17-19,25,27,29H,2-3,6-7,10-11,14-16,32H2,1H3/t25?,29-/m1/s1. The molecule has 202 valence electrons. The van der Waals surface area contributed by atoms with Gasteiger partial charge in [0.15, 0.2) is 15.5 Å². The lowest BCUT2D eigenvalue weighted by molar-refractivity contribution is 0.167. The quantitative estimate of drug-likeness (QED) is 0.363. The summed E-state index contributed by atoms with van der Waals surface area (Å²) in [6.45, 7) is 1.13. The summed E-state index contributed by atoms with van der Waals surface area (Å²) >= 11 is 0.